The van der Waals surface area contributed by atoms with Crippen LogP contribution in [0.25, 0.3) is 0 Å². The summed E-state index contributed by atoms with van der Waals surface area (Å²) in [5.74, 6) is 0. The smallest absolute Gasteiger partial charge is 0.187 e. The predicted octanol–water partition coefficient (Wildman–Crippen LogP) is -0.534. The molecule has 134 valence electrons. The highest BCUT2D eigenvalue weighted by atomic mass is 16.7. The molecule has 1 aliphatic rings. The highest BCUT2D eigenvalue weighted by Crippen LogP contribution is 2.29. The summed E-state index contributed by atoms with van der Waals surface area (Å²) in [4.78, 5) is 0. The van der Waals surface area contributed by atoms with Gasteiger partial charge in [-0.3, -0.25) is 0 Å². The van der Waals surface area contributed by atoms with Crippen molar-refractivity contribution in [3.63, 3.8) is 0 Å². The van der Waals surface area contributed by atoms with E-state index in [1.165, 1.54) is 0 Å². The van der Waals surface area contributed by atoms with Crippen molar-refractivity contribution < 1.29 is 35.0 Å². The third-order valence-electron chi connectivity index (χ3n) is 4.05. The first-order chi connectivity index (χ1) is 10.8. The van der Waals surface area contributed by atoms with Crippen LogP contribution in [0.1, 0.15) is 26.7 Å². The summed E-state index contributed by atoms with van der Waals surface area (Å²) in [6, 6.07) is 0. The molecule has 1 heterocycles. The average Bonchev–Trinajstić information content (AvgIpc) is 2.55. The molecule has 0 aromatic carbocycles. The molecule has 0 saturated carbocycles. The lowest BCUT2D eigenvalue weighted by Gasteiger charge is -2.42. The molecule has 1 fully saturated rings. The number of hydrogen-bond acceptors (Lipinski definition) is 7. The molecule has 1 unspecified atom stereocenters. The van der Waals surface area contributed by atoms with Crippen LogP contribution in [-0.2, 0) is 9.47 Å². The van der Waals surface area contributed by atoms with Gasteiger partial charge in [0, 0.05) is 0 Å². The van der Waals surface area contributed by atoms with Gasteiger partial charge in [0.25, 0.3) is 0 Å². The third kappa shape index (κ3) is 5.36. The van der Waals surface area contributed by atoms with Crippen LogP contribution in [0, 0.1) is 0 Å². The summed E-state index contributed by atoms with van der Waals surface area (Å²) in [5, 5.41) is 47.7. The van der Waals surface area contributed by atoms with Crippen molar-refractivity contribution >= 4 is 0 Å². The van der Waals surface area contributed by atoms with Crippen molar-refractivity contribution in [3.8, 4) is 0 Å². The van der Waals surface area contributed by atoms with E-state index in [-0.39, 0.29) is 6.61 Å². The summed E-state index contributed by atoms with van der Waals surface area (Å²) < 4.78 is 11.1. The molecule has 0 amide bonds. The molecule has 0 spiro atoms. The fourth-order valence-electron chi connectivity index (χ4n) is 2.31. The summed E-state index contributed by atoms with van der Waals surface area (Å²) >= 11 is 0. The van der Waals surface area contributed by atoms with Crippen molar-refractivity contribution in [2.24, 2.45) is 0 Å². The van der Waals surface area contributed by atoms with Gasteiger partial charge in [-0.2, -0.15) is 0 Å². The topological polar surface area (TPSA) is 120 Å². The molecule has 7 heteroatoms. The molecular formula is C16H28O7. The Morgan fingerprint density at radius 2 is 1.87 bits per heavy atom. The van der Waals surface area contributed by atoms with Gasteiger partial charge in [-0.25, -0.2) is 0 Å². The molecule has 6 atom stereocenters. The Morgan fingerprint density at radius 3 is 2.39 bits per heavy atom. The molecule has 7 nitrogen and oxygen atoms in total. The number of aliphatic hydroxyl groups excluding tert-OH is 5. The largest absolute Gasteiger partial charge is 0.394 e. The Bertz CT molecular complexity index is 409. The van der Waals surface area contributed by atoms with E-state index in [0.717, 1.165) is 5.57 Å². The van der Waals surface area contributed by atoms with Gasteiger partial charge in [0.15, 0.2) is 6.29 Å². The first-order valence-electron chi connectivity index (χ1n) is 7.66. The van der Waals surface area contributed by atoms with E-state index >= 15 is 0 Å². The van der Waals surface area contributed by atoms with Gasteiger partial charge in [0.1, 0.15) is 24.4 Å². The maximum atomic E-state index is 10.0. The van der Waals surface area contributed by atoms with E-state index in [1.54, 1.807) is 13.0 Å². The zero-order valence-electron chi connectivity index (χ0n) is 13.6. The molecule has 0 aliphatic carbocycles. The first kappa shape index (κ1) is 20.2. The van der Waals surface area contributed by atoms with Crippen LogP contribution in [-0.4, -0.2) is 75.1 Å². The molecule has 0 bridgehead atoms. The lowest BCUT2D eigenvalue weighted by atomic mass is 9.96. The highest BCUT2D eigenvalue weighted by molar-refractivity contribution is 5.02. The average molecular weight is 332 g/mol. The van der Waals surface area contributed by atoms with Crippen LogP contribution in [0.5, 0.6) is 0 Å². The first-order valence-corrected chi connectivity index (χ1v) is 7.66. The molecule has 5 N–H and O–H groups in total. The minimum Gasteiger partial charge on any atom is -0.394 e. The Balaban J connectivity index is 2.74. The fraction of sp³-hybridized carbons (Fsp3) is 0.750. The van der Waals surface area contributed by atoms with Crippen molar-refractivity contribution in [1.82, 2.24) is 0 Å². The second kappa shape index (κ2) is 8.89. The van der Waals surface area contributed by atoms with E-state index in [0.29, 0.717) is 12.8 Å². The van der Waals surface area contributed by atoms with Crippen LogP contribution in [0.2, 0.25) is 0 Å². The number of rotatable bonds is 8. The molecule has 23 heavy (non-hydrogen) atoms. The Hall–Kier alpha value is -0.800. The summed E-state index contributed by atoms with van der Waals surface area (Å²) in [6.07, 6.45) is -1.97. The highest BCUT2D eigenvalue weighted by Gasteiger charge is 2.45. The Morgan fingerprint density at radius 1 is 1.22 bits per heavy atom. The van der Waals surface area contributed by atoms with Crippen molar-refractivity contribution in [1.29, 1.82) is 0 Å². The van der Waals surface area contributed by atoms with E-state index < -0.39 is 42.9 Å². The van der Waals surface area contributed by atoms with Crippen molar-refractivity contribution in [2.75, 3.05) is 13.2 Å². The molecule has 0 radical (unpaired) electrons. The van der Waals surface area contributed by atoms with Crippen LogP contribution >= 0.6 is 0 Å². The van der Waals surface area contributed by atoms with Gasteiger partial charge in [-0.05, 0) is 26.7 Å². The molecule has 0 aromatic rings. The van der Waals surface area contributed by atoms with Crippen LogP contribution in [0.4, 0.5) is 0 Å². The van der Waals surface area contributed by atoms with E-state index in [2.05, 4.69) is 6.58 Å². The molecule has 1 saturated heterocycles. The fourth-order valence-corrected chi connectivity index (χ4v) is 2.31. The van der Waals surface area contributed by atoms with Crippen LogP contribution < -0.4 is 0 Å². The van der Waals surface area contributed by atoms with Crippen molar-refractivity contribution in [2.45, 2.75) is 63.0 Å². The van der Waals surface area contributed by atoms with Gasteiger partial charge in [0.2, 0.25) is 0 Å². The normalized spacial score (nSPS) is 34.9. The standard InChI is InChI=1S/C16H28O7/c1-4-16(3,7-5-6-10(2)8-17)23-15-14(21)13(20)12(19)11(9-18)22-15/h4,6,11-15,17-21H,1,5,7-9H2,2-3H3/b10-6+/t11-,12-,13+,14-,15?,16-/m0/s1. The van der Waals surface area contributed by atoms with Gasteiger partial charge in [-0.15, -0.1) is 6.58 Å². The molecular weight excluding hydrogens is 304 g/mol. The SMILES string of the molecule is C=C[C@@](C)(CC/C=C(\C)CO)OC1O[C@@H](CO)[C@H](O)[C@@H](O)[C@@H]1O. The minimum absolute atomic E-state index is 0.0155. The minimum atomic E-state index is -1.48. The van der Waals surface area contributed by atoms with Crippen molar-refractivity contribution in [3.05, 3.63) is 24.3 Å². The van der Waals surface area contributed by atoms with E-state index in [4.69, 9.17) is 14.6 Å². The van der Waals surface area contributed by atoms with Gasteiger partial charge in [-0.1, -0.05) is 17.7 Å². The zero-order chi connectivity index (χ0) is 17.6. The maximum Gasteiger partial charge on any atom is 0.187 e. The lowest BCUT2D eigenvalue weighted by Crippen LogP contribution is -2.60. The lowest BCUT2D eigenvalue weighted by molar-refractivity contribution is -0.319. The van der Waals surface area contributed by atoms with Gasteiger partial charge >= 0.3 is 0 Å². The summed E-state index contributed by atoms with van der Waals surface area (Å²) in [7, 11) is 0. The molecule has 1 rings (SSSR count). The Kier molecular flexibility index (Phi) is 7.82. The number of hydrogen-bond donors (Lipinski definition) is 5. The quantitative estimate of drug-likeness (QED) is 0.379. The van der Waals surface area contributed by atoms with E-state index in [9.17, 15) is 20.4 Å². The second-order valence-corrected chi connectivity index (χ2v) is 6.08. The number of allylic oxidation sites excluding steroid dienone is 1. The van der Waals surface area contributed by atoms with Gasteiger partial charge < -0.3 is 35.0 Å². The molecule has 1 aliphatic heterocycles. The van der Waals surface area contributed by atoms with Crippen LogP contribution in [0.15, 0.2) is 24.3 Å². The summed E-state index contributed by atoms with van der Waals surface area (Å²) in [5.41, 5.74) is -0.0101. The van der Waals surface area contributed by atoms with Gasteiger partial charge in [0.05, 0.1) is 18.8 Å². The number of ether oxygens (including phenoxy) is 2. The zero-order valence-corrected chi connectivity index (χ0v) is 13.6. The third-order valence-corrected chi connectivity index (χ3v) is 4.05. The Labute approximate surface area is 136 Å². The van der Waals surface area contributed by atoms with E-state index in [1.807, 2.05) is 13.0 Å². The maximum absolute atomic E-state index is 10.0. The number of aliphatic hydroxyl groups is 5. The van der Waals surface area contributed by atoms with Crippen LogP contribution in [0.3, 0.4) is 0 Å². The predicted molar refractivity (Wildman–Crippen MR) is 83.5 cm³/mol. The monoisotopic (exact) mass is 332 g/mol. The molecule has 0 aromatic heterocycles. The summed E-state index contributed by atoms with van der Waals surface area (Å²) in [6.45, 7) is 6.76. The second-order valence-electron chi connectivity index (χ2n) is 6.08.